The van der Waals surface area contributed by atoms with Gasteiger partial charge in [0, 0.05) is 28.0 Å². The Morgan fingerprint density at radius 1 is 1.28 bits per heavy atom. The molecule has 3 fully saturated rings. The average Bonchev–Trinajstić information content (AvgIpc) is 3.06. The largest absolute Gasteiger partial charge is 0.493 e. The van der Waals surface area contributed by atoms with Crippen molar-refractivity contribution in [1.82, 2.24) is 4.90 Å². The molecule has 160 valence electrons. The summed E-state index contributed by atoms with van der Waals surface area (Å²) in [5, 5.41) is 31.8. The van der Waals surface area contributed by atoms with E-state index in [0.717, 1.165) is 37.3 Å². The summed E-state index contributed by atoms with van der Waals surface area (Å²) >= 11 is 0. The summed E-state index contributed by atoms with van der Waals surface area (Å²) < 4.78 is 12.4. The normalized spacial score (nSPS) is 40.0. The van der Waals surface area contributed by atoms with Crippen molar-refractivity contribution in [2.45, 2.75) is 57.8 Å². The van der Waals surface area contributed by atoms with Gasteiger partial charge in [-0.3, -0.25) is 0 Å². The van der Waals surface area contributed by atoms with Crippen LogP contribution < -0.4 is 0 Å². The molecule has 3 N–H and O–H groups in total. The molecule has 5 atom stereocenters. The van der Waals surface area contributed by atoms with Gasteiger partial charge in [0.25, 0.3) is 0 Å². The number of hydrogen-bond donors (Lipinski definition) is 3. The Hall–Kier alpha value is -1.34. The molecule has 0 aromatic heterocycles. The Bertz CT molecular complexity index is 834. The van der Waals surface area contributed by atoms with Gasteiger partial charge in [-0.1, -0.05) is 11.1 Å². The van der Waals surface area contributed by atoms with Crippen LogP contribution in [0, 0.1) is 16.7 Å². The van der Waals surface area contributed by atoms with Crippen LogP contribution in [0.25, 0.3) is 0 Å². The Morgan fingerprint density at radius 3 is 2.62 bits per heavy atom. The van der Waals surface area contributed by atoms with Crippen LogP contribution in [0.1, 0.15) is 39.5 Å². The van der Waals surface area contributed by atoms with E-state index in [2.05, 4.69) is 25.8 Å². The molecule has 6 heteroatoms. The summed E-state index contributed by atoms with van der Waals surface area (Å²) in [5.74, 6) is 1.83. The van der Waals surface area contributed by atoms with Crippen molar-refractivity contribution in [2.24, 2.45) is 16.7 Å². The molecule has 0 radical (unpaired) electrons. The van der Waals surface area contributed by atoms with Gasteiger partial charge in [0.2, 0.25) is 0 Å². The van der Waals surface area contributed by atoms with Crippen LogP contribution in [0.15, 0.2) is 33.8 Å². The lowest BCUT2D eigenvalue weighted by atomic mass is 9.46. The lowest BCUT2D eigenvalue weighted by Gasteiger charge is -2.62. The third-order valence-electron chi connectivity index (χ3n) is 8.67. The number of methoxy groups -OCH3 is 1. The Morgan fingerprint density at radius 2 is 2.00 bits per heavy atom. The zero-order valence-electron chi connectivity index (χ0n) is 17.9. The first-order valence-corrected chi connectivity index (χ1v) is 10.8. The maximum absolute atomic E-state index is 11.4. The van der Waals surface area contributed by atoms with E-state index in [-0.39, 0.29) is 24.5 Å². The summed E-state index contributed by atoms with van der Waals surface area (Å²) in [5.41, 5.74) is 3.89. The third-order valence-corrected chi connectivity index (χ3v) is 8.67. The number of nitrogens with zero attached hydrogens (tertiary/aromatic N) is 1. The van der Waals surface area contributed by atoms with Crippen molar-refractivity contribution >= 4 is 0 Å². The number of allylic oxidation sites excluding steroid dienone is 3. The second-order valence-electron chi connectivity index (χ2n) is 10.0. The predicted octanol–water partition coefficient (Wildman–Crippen LogP) is 1.73. The van der Waals surface area contributed by atoms with Crippen LogP contribution in [-0.2, 0) is 9.47 Å². The van der Waals surface area contributed by atoms with Crippen LogP contribution in [0.4, 0.5) is 0 Å². The molecule has 2 unspecified atom stereocenters. The van der Waals surface area contributed by atoms with Gasteiger partial charge in [-0.15, -0.1) is 0 Å². The first-order chi connectivity index (χ1) is 13.8. The van der Waals surface area contributed by atoms with Crippen LogP contribution >= 0.6 is 0 Å². The van der Waals surface area contributed by atoms with Crippen LogP contribution in [0.2, 0.25) is 0 Å². The fourth-order valence-electron chi connectivity index (χ4n) is 7.10. The molecule has 5 rings (SSSR count). The maximum Gasteiger partial charge on any atom is 0.165 e. The highest BCUT2D eigenvalue weighted by Crippen LogP contribution is 2.69. The summed E-state index contributed by atoms with van der Waals surface area (Å²) in [7, 11) is 3.88. The van der Waals surface area contributed by atoms with Crippen molar-refractivity contribution < 1.29 is 24.8 Å². The molecule has 0 aromatic carbocycles. The van der Waals surface area contributed by atoms with Crippen LogP contribution in [-0.4, -0.2) is 72.4 Å². The number of ether oxygens (including phenoxy) is 2. The SMILES string of the molecule is COC1=C2OC3C(O)C(CO)(CO)C[C@H]4[C@H]5CC(=C2[C@@]34CCN5C)CC1=C(C)C. The third kappa shape index (κ3) is 2.21. The van der Waals surface area contributed by atoms with Crippen molar-refractivity contribution in [3.63, 3.8) is 0 Å². The maximum atomic E-state index is 11.4. The van der Waals surface area contributed by atoms with Crippen LogP contribution in [0.5, 0.6) is 0 Å². The zero-order chi connectivity index (χ0) is 20.7. The summed E-state index contributed by atoms with van der Waals surface area (Å²) in [6.45, 7) is 4.69. The minimum atomic E-state index is -0.937. The Balaban J connectivity index is 1.77. The molecule has 0 aromatic rings. The van der Waals surface area contributed by atoms with E-state index < -0.39 is 17.6 Å². The fourth-order valence-corrected chi connectivity index (χ4v) is 7.10. The molecule has 1 spiro atoms. The lowest BCUT2D eigenvalue weighted by Crippen LogP contribution is -2.68. The van der Waals surface area contributed by atoms with E-state index in [1.165, 1.54) is 22.3 Å². The van der Waals surface area contributed by atoms with Crippen molar-refractivity contribution in [3.8, 4) is 0 Å². The van der Waals surface area contributed by atoms with E-state index in [0.29, 0.717) is 12.5 Å². The molecule has 29 heavy (non-hydrogen) atoms. The van der Waals surface area contributed by atoms with E-state index in [1.54, 1.807) is 7.11 Å². The van der Waals surface area contributed by atoms with Gasteiger partial charge in [0.1, 0.15) is 12.2 Å². The summed E-state index contributed by atoms with van der Waals surface area (Å²) in [4.78, 5) is 2.43. The number of hydrogen-bond acceptors (Lipinski definition) is 6. The van der Waals surface area contributed by atoms with E-state index >= 15 is 0 Å². The highest BCUT2D eigenvalue weighted by atomic mass is 16.5. The average molecular weight is 404 g/mol. The summed E-state index contributed by atoms with van der Waals surface area (Å²) in [6.07, 6.45) is 1.99. The quantitative estimate of drug-likeness (QED) is 0.666. The molecule has 6 nitrogen and oxygen atoms in total. The minimum Gasteiger partial charge on any atom is -0.493 e. The van der Waals surface area contributed by atoms with E-state index in [9.17, 15) is 15.3 Å². The topological polar surface area (TPSA) is 82.4 Å². The lowest BCUT2D eigenvalue weighted by molar-refractivity contribution is -0.207. The molecule has 0 amide bonds. The number of piperidine rings is 1. The number of rotatable bonds is 3. The highest BCUT2D eigenvalue weighted by Gasteiger charge is 2.71. The van der Waals surface area contributed by atoms with Crippen molar-refractivity contribution in [3.05, 3.63) is 33.8 Å². The van der Waals surface area contributed by atoms with Crippen LogP contribution in [0.3, 0.4) is 0 Å². The zero-order valence-corrected chi connectivity index (χ0v) is 17.9. The number of aliphatic hydroxyl groups is 3. The summed E-state index contributed by atoms with van der Waals surface area (Å²) in [6, 6.07) is 0.334. The smallest absolute Gasteiger partial charge is 0.165 e. The number of aliphatic hydroxyl groups excluding tert-OH is 3. The molecule has 1 saturated carbocycles. The fraction of sp³-hybridized carbons (Fsp3) is 0.739. The second-order valence-corrected chi connectivity index (χ2v) is 10.0. The first-order valence-electron chi connectivity index (χ1n) is 10.8. The molecule has 3 aliphatic carbocycles. The van der Waals surface area contributed by atoms with Gasteiger partial charge in [0.05, 0.1) is 20.3 Å². The molecule has 2 bridgehead atoms. The molecule has 2 heterocycles. The monoisotopic (exact) mass is 403 g/mol. The minimum absolute atomic E-state index is 0.233. The van der Waals surface area contributed by atoms with E-state index in [4.69, 9.17) is 9.47 Å². The molecular weight excluding hydrogens is 370 g/mol. The van der Waals surface area contributed by atoms with Gasteiger partial charge in [-0.05, 0) is 59.0 Å². The van der Waals surface area contributed by atoms with Gasteiger partial charge in [-0.2, -0.15) is 0 Å². The first kappa shape index (κ1) is 19.6. The number of likely N-dealkylation sites (tertiary alicyclic amines) is 1. The molecule has 5 aliphatic rings. The van der Waals surface area contributed by atoms with Crippen molar-refractivity contribution in [2.75, 3.05) is 33.9 Å². The van der Waals surface area contributed by atoms with Gasteiger partial charge < -0.3 is 29.7 Å². The van der Waals surface area contributed by atoms with Gasteiger partial charge in [-0.25, -0.2) is 0 Å². The predicted molar refractivity (Wildman–Crippen MR) is 108 cm³/mol. The molecule has 2 saturated heterocycles. The molecular formula is C23H33NO5. The van der Waals surface area contributed by atoms with Crippen molar-refractivity contribution in [1.29, 1.82) is 0 Å². The highest BCUT2D eigenvalue weighted by molar-refractivity contribution is 5.58. The second kappa shape index (κ2) is 6.33. The molecule has 2 aliphatic heterocycles. The Kier molecular flexibility index (Phi) is 4.28. The van der Waals surface area contributed by atoms with Gasteiger partial charge >= 0.3 is 0 Å². The van der Waals surface area contributed by atoms with Gasteiger partial charge in [0.15, 0.2) is 11.5 Å². The Labute approximate surface area is 172 Å². The van der Waals surface area contributed by atoms with E-state index in [1.807, 2.05) is 0 Å². The standard InChI is InChI=1S/C23H33NO5/c1-12(2)14-7-13-8-16-15-9-22(10-25,11-26)20(27)21-23(15,5-6-24(16)3)17(13)19(29-21)18(14)28-4/h15-16,20-21,25-27H,5-11H2,1-4H3/t15-,16+,20?,21?,23-/m0/s1.